The minimum Gasteiger partial charge on any atom is -0.391 e. The first-order valence-electron chi connectivity index (χ1n) is 8.37. The molecule has 0 radical (unpaired) electrons. The van der Waals surface area contributed by atoms with Crippen LogP contribution in [0.25, 0.3) is 22.5 Å². The van der Waals surface area contributed by atoms with Crippen LogP contribution < -0.4 is 4.90 Å². The molecular formula is C17H21N5O3. The molecule has 0 saturated carbocycles. The van der Waals surface area contributed by atoms with Gasteiger partial charge in [0, 0.05) is 39.2 Å². The van der Waals surface area contributed by atoms with Gasteiger partial charge in [-0.2, -0.15) is 4.98 Å². The van der Waals surface area contributed by atoms with Gasteiger partial charge in [-0.1, -0.05) is 5.16 Å². The van der Waals surface area contributed by atoms with E-state index >= 15 is 0 Å². The number of aliphatic hydroxyl groups is 1. The summed E-state index contributed by atoms with van der Waals surface area (Å²) < 4.78 is 12.4. The Morgan fingerprint density at radius 2 is 2.24 bits per heavy atom. The Bertz CT molecular complexity index is 888. The van der Waals surface area contributed by atoms with Crippen molar-refractivity contribution in [3.8, 4) is 11.5 Å². The summed E-state index contributed by atoms with van der Waals surface area (Å²) in [5.41, 5.74) is 2.74. The van der Waals surface area contributed by atoms with Gasteiger partial charge in [-0.3, -0.25) is 0 Å². The standard InChI is InChI=1S/C17H21N5O3/c1-21-14-4-3-11(16-19-15(20-25-16)6-8-24-2)9-13(14)18-17(21)22-7-5-12(23)10-22/h3-4,9,12,23H,5-8,10H2,1-2H3/t12-/m0/s1. The number of aromatic nitrogens is 4. The molecule has 25 heavy (non-hydrogen) atoms. The van der Waals surface area contributed by atoms with Crippen LogP contribution in [0.5, 0.6) is 0 Å². The Morgan fingerprint density at radius 3 is 3.00 bits per heavy atom. The van der Waals surface area contributed by atoms with Crippen LogP contribution in [0.1, 0.15) is 12.2 Å². The van der Waals surface area contributed by atoms with Gasteiger partial charge >= 0.3 is 0 Å². The number of ether oxygens (including phenoxy) is 1. The highest BCUT2D eigenvalue weighted by Crippen LogP contribution is 2.28. The molecule has 1 N–H and O–H groups in total. The van der Waals surface area contributed by atoms with E-state index in [9.17, 15) is 5.11 Å². The molecule has 1 aliphatic heterocycles. The first kappa shape index (κ1) is 16.0. The van der Waals surface area contributed by atoms with Crippen molar-refractivity contribution < 1.29 is 14.4 Å². The number of benzene rings is 1. The number of aryl methyl sites for hydroxylation is 1. The molecule has 4 rings (SSSR count). The van der Waals surface area contributed by atoms with Crippen molar-refractivity contribution in [1.82, 2.24) is 19.7 Å². The third-order valence-corrected chi connectivity index (χ3v) is 4.55. The van der Waals surface area contributed by atoms with Crippen LogP contribution in [0, 0.1) is 0 Å². The third kappa shape index (κ3) is 2.98. The SMILES string of the molecule is COCCc1noc(-c2ccc3c(c2)nc(N2CC[C@H](O)C2)n3C)n1. The van der Waals surface area contributed by atoms with E-state index in [4.69, 9.17) is 14.2 Å². The van der Waals surface area contributed by atoms with E-state index in [2.05, 4.69) is 19.6 Å². The van der Waals surface area contributed by atoms with Gasteiger partial charge in [-0.05, 0) is 24.6 Å². The molecule has 2 aromatic heterocycles. The van der Waals surface area contributed by atoms with E-state index in [1.807, 2.05) is 25.2 Å². The first-order valence-corrected chi connectivity index (χ1v) is 8.37. The number of hydrogen-bond donors (Lipinski definition) is 1. The lowest BCUT2D eigenvalue weighted by atomic mass is 10.2. The molecule has 3 heterocycles. The lowest BCUT2D eigenvalue weighted by molar-refractivity contribution is 0.198. The number of fused-ring (bicyclic) bond motifs is 1. The highest BCUT2D eigenvalue weighted by Gasteiger charge is 2.24. The lowest BCUT2D eigenvalue weighted by Crippen LogP contribution is -2.24. The van der Waals surface area contributed by atoms with E-state index < -0.39 is 0 Å². The van der Waals surface area contributed by atoms with E-state index in [-0.39, 0.29) is 6.10 Å². The average molecular weight is 343 g/mol. The average Bonchev–Trinajstić information content (AvgIpc) is 3.32. The van der Waals surface area contributed by atoms with Crippen molar-refractivity contribution in [3.63, 3.8) is 0 Å². The fourth-order valence-electron chi connectivity index (χ4n) is 3.19. The number of imidazole rings is 1. The number of anilines is 1. The van der Waals surface area contributed by atoms with Gasteiger partial charge in [0.15, 0.2) is 5.82 Å². The zero-order valence-electron chi connectivity index (χ0n) is 14.3. The lowest BCUT2D eigenvalue weighted by Gasteiger charge is -2.16. The Balaban J connectivity index is 1.65. The maximum Gasteiger partial charge on any atom is 0.258 e. The Morgan fingerprint density at radius 1 is 1.36 bits per heavy atom. The van der Waals surface area contributed by atoms with Crippen LogP contribution in [-0.4, -0.2) is 57.7 Å². The van der Waals surface area contributed by atoms with Crippen molar-refractivity contribution in [2.24, 2.45) is 7.05 Å². The molecule has 1 atom stereocenters. The number of nitrogens with zero attached hydrogens (tertiary/aromatic N) is 5. The second-order valence-corrected chi connectivity index (χ2v) is 6.32. The Hall–Kier alpha value is -2.45. The van der Waals surface area contributed by atoms with Gasteiger partial charge in [-0.25, -0.2) is 4.98 Å². The zero-order chi connectivity index (χ0) is 17.4. The Labute approximate surface area is 145 Å². The summed E-state index contributed by atoms with van der Waals surface area (Å²) in [4.78, 5) is 11.3. The number of β-amino-alcohol motifs (C(OH)–C–C–N with tert-alkyl or cyclic N) is 1. The van der Waals surface area contributed by atoms with Gasteiger partial charge in [0.1, 0.15) is 0 Å². The van der Waals surface area contributed by atoms with Crippen molar-refractivity contribution in [1.29, 1.82) is 0 Å². The molecule has 0 unspecified atom stereocenters. The van der Waals surface area contributed by atoms with Gasteiger partial charge in [0.2, 0.25) is 5.95 Å². The van der Waals surface area contributed by atoms with Crippen molar-refractivity contribution in [2.45, 2.75) is 18.9 Å². The van der Waals surface area contributed by atoms with E-state index in [0.717, 1.165) is 35.5 Å². The van der Waals surface area contributed by atoms with E-state index in [0.29, 0.717) is 31.3 Å². The molecule has 1 saturated heterocycles. The molecular weight excluding hydrogens is 322 g/mol. The van der Waals surface area contributed by atoms with Crippen LogP contribution in [-0.2, 0) is 18.2 Å². The fraction of sp³-hybridized carbons (Fsp3) is 0.471. The summed E-state index contributed by atoms with van der Waals surface area (Å²) in [6.45, 7) is 2.00. The number of rotatable bonds is 5. The second-order valence-electron chi connectivity index (χ2n) is 6.32. The topological polar surface area (TPSA) is 89.4 Å². The number of methoxy groups -OCH3 is 1. The molecule has 0 aliphatic carbocycles. The van der Waals surface area contributed by atoms with Crippen LogP contribution in [0.4, 0.5) is 5.95 Å². The molecule has 0 spiro atoms. The summed E-state index contributed by atoms with van der Waals surface area (Å²) >= 11 is 0. The van der Waals surface area contributed by atoms with Crippen LogP contribution in [0.2, 0.25) is 0 Å². The zero-order valence-corrected chi connectivity index (χ0v) is 14.3. The molecule has 3 aromatic rings. The second kappa shape index (κ2) is 6.45. The Kier molecular flexibility index (Phi) is 4.14. The van der Waals surface area contributed by atoms with E-state index in [1.54, 1.807) is 7.11 Å². The normalized spacial score (nSPS) is 17.7. The first-order chi connectivity index (χ1) is 12.2. The smallest absolute Gasteiger partial charge is 0.258 e. The number of aliphatic hydroxyl groups excluding tert-OH is 1. The number of hydrogen-bond acceptors (Lipinski definition) is 7. The third-order valence-electron chi connectivity index (χ3n) is 4.55. The highest BCUT2D eigenvalue weighted by atomic mass is 16.5. The predicted octanol–water partition coefficient (Wildman–Crippen LogP) is 1.38. The minimum atomic E-state index is -0.278. The van der Waals surface area contributed by atoms with E-state index in [1.165, 1.54) is 0 Å². The summed E-state index contributed by atoms with van der Waals surface area (Å²) in [5.74, 6) is 1.98. The van der Waals surface area contributed by atoms with Gasteiger partial charge < -0.3 is 23.8 Å². The summed E-state index contributed by atoms with van der Waals surface area (Å²) in [7, 11) is 3.64. The molecule has 1 aromatic carbocycles. The highest BCUT2D eigenvalue weighted by molar-refractivity contribution is 5.83. The molecule has 0 bridgehead atoms. The van der Waals surface area contributed by atoms with Gasteiger partial charge in [0.25, 0.3) is 5.89 Å². The van der Waals surface area contributed by atoms with Crippen molar-refractivity contribution in [2.75, 3.05) is 31.7 Å². The van der Waals surface area contributed by atoms with Gasteiger partial charge in [-0.15, -0.1) is 0 Å². The minimum absolute atomic E-state index is 0.278. The summed E-state index contributed by atoms with van der Waals surface area (Å²) in [6, 6.07) is 5.92. The monoisotopic (exact) mass is 343 g/mol. The summed E-state index contributed by atoms with van der Waals surface area (Å²) in [6.07, 6.45) is 1.12. The molecule has 0 amide bonds. The van der Waals surface area contributed by atoms with Crippen LogP contribution >= 0.6 is 0 Å². The summed E-state index contributed by atoms with van der Waals surface area (Å²) in [5, 5.41) is 13.7. The van der Waals surface area contributed by atoms with Crippen molar-refractivity contribution >= 4 is 17.0 Å². The predicted molar refractivity (Wildman–Crippen MR) is 92.4 cm³/mol. The van der Waals surface area contributed by atoms with Crippen molar-refractivity contribution in [3.05, 3.63) is 24.0 Å². The maximum atomic E-state index is 9.77. The quantitative estimate of drug-likeness (QED) is 0.748. The van der Waals surface area contributed by atoms with Crippen LogP contribution in [0.3, 0.4) is 0 Å². The van der Waals surface area contributed by atoms with Crippen LogP contribution in [0.15, 0.2) is 22.7 Å². The molecule has 8 heteroatoms. The molecule has 132 valence electrons. The molecule has 1 aliphatic rings. The molecule has 8 nitrogen and oxygen atoms in total. The van der Waals surface area contributed by atoms with Gasteiger partial charge in [0.05, 0.1) is 23.7 Å². The molecule has 1 fully saturated rings. The largest absolute Gasteiger partial charge is 0.391 e. The fourth-order valence-corrected chi connectivity index (χ4v) is 3.19. The maximum absolute atomic E-state index is 9.77.